The molecule has 0 fully saturated rings. The normalized spacial score (nSPS) is 11.7. The summed E-state index contributed by atoms with van der Waals surface area (Å²) in [7, 11) is 3.46. The van der Waals surface area contributed by atoms with Crippen molar-refractivity contribution >= 4 is 47.2 Å². The molecule has 0 atom stereocenters. The summed E-state index contributed by atoms with van der Waals surface area (Å²) in [6, 6.07) is 0. The lowest BCUT2D eigenvalue weighted by atomic mass is 9.98. The van der Waals surface area contributed by atoms with Gasteiger partial charge in [0.1, 0.15) is 6.54 Å². The zero-order valence-corrected chi connectivity index (χ0v) is 18.6. The van der Waals surface area contributed by atoms with Crippen molar-refractivity contribution in [3.63, 3.8) is 0 Å². The van der Waals surface area contributed by atoms with Crippen molar-refractivity contribution in [2.45, 2.75) is 39.5 Å². The van der Waals surface area contributed by atoms with Gasteiger partial charge in [-0.25, -0.2) is 9.98 Å². The third-order valence-corrected chi connectivity index (χ3v) is 4.40. The van der Waals surface area contributed by atoms with Gasteiger partial charge in [-0.05, 0) is 6.92 Å². The molecule has 0 aliphatic carbocycles. The van der Waals surface area contributed by atoms with Crippen molar-refractivity contribution in [2.24, 2.45) is 4.99 Å². The van der Waals surface area contributed by atoms with Crippen LogP contribution in [0.25, 0.3) is 0 Å². The molecule has 1 amide bonds. The molecule has 24 heavy (non-hydrogen) atoms. The lowest BCUT2D eigenvalue weighted by Crippen LogP contribution is -2.39. The molecule has 0 radical (unpaired) electrons. The summed E-state index contributed by atoms with van der Waals surface area (Å²) < 4.78 is 0. The second-order valence-electron chi connectivity index (χ2n) is 6.55. The van der Waals surface area contributed by atoms with Gasteiger partial charge in [0.15, 0.2) is 5.96 Å². The first kappa shape index (κ1) is 23.1. The van der Waals surface area contributed by atoms with Crippen LogP contribution in [0.3, 0.4) is 0 Å². The maximum atomic E-state index is 11.6. The van der Waals surface area contributed by atoms with Crippen molar-refractivity contribution in [1.82, 2.24) is 20.5 Å². The number of aliphatic imine (C=N–C) groups is 1. The molecule has 1 heterocycles. The van der Waals surface area contributed by atoms with Gasteiger partial charge in [0.05, 0.1) is 10.7 Å². The number of guanidine groups is 1. The number of hydrogen-bond donors (Lipinski definition) is 2. The Bertz CT molecular complexity index is 537. The summed E-state index contributed by atoms with van der Waals surface area (Å²) in [5.74, 6) is 0.644. The second-order valence-corrected chi connectivity index (χ2v) is 7.41. The smallest absolute Gasteiger partial charge is 0.243 e. The number of amides is 1. The van der Waals surface area contributed by atoms with E-state index in [-0.39, 0.29) is 41.8 Å². The van der Waals surface area contributed by atoms with Crippen LogP contribution in [0, 0.1) is 0 Å². The Morgan fingerprint density at radius 2 is 2.00 bits per heavy atom. The third kappa shape index (κ3) is 8.27. The van der Waals surface area contributed by atoms with Crippen molar-refractivity contribution in [3.05, 3.63) is 16.1 Å². The molecule has 0 saturated heterocycles. The fraction of sp³-hybridized carbons (Fsp3) is 0.688. The fourth-order valence-corrected chi connectivity index (χ4v) is 2.65. The van der Waals surface area contributed by atoms with Crippen LogP contribution in [0.1, 0.15) is 38.4 Å². The Kier molecular flexibility index (Phi) is 10.5. The average molecular weight is 467 g/mol. The summed E-state index contributed by atoms with van der Waals surface area (Å²) >= 11 is 1.71. The van der Waals surface area contributed by atoms with E-state index in [1.807, 2.05) is 6.92 Å². The summed E-state index contributed by atoms with van der Waals surface area (Å²) in [5.41, 5.74) is 1.19. The minimum atomic E-state index is -0.0171. The molecule has 0 spiro atoms. The minimum Gasteiger partial charge on any atom is -0.357 e. The molecule has 0 unspecified atom stereocenters. The Morgan fingerprint density at radius 3 is 2.50 bits per heavy atom. The fourth-order valence-electron chi connectivity index (χ4n) is 1.71. The Hall–Kier alpha value is -0.900. The van der Waals surface area contributed by atoms with Gasteiger partial charge in [0.25, 0.3) is 0 Å². The molecule has 8 heteroatoms. The number of likely N-dealkylation sites (N-methyl/N-ethyl adjacent to an activating group) is 1. The number of carbonyl (C=O) groups is 1. The van der Waals surface area contributed by atoms with Gasteiger partial charge in [0, 0.05) is 44.4 Å². The molecule has 0 aliphatic rings. The van der Waals surface area contributed by atoms with Crippen molar-refractivity contribution in [2.75, 3.05) is 33.7 Å². The summed E-state index contributed by atoms with van der Waals surface area (Å²) in [4.78, 5) is 22.1. The number of carbonyl (C=O) groups excluding carboxylic acids is 1. The number of nitrogens with one attached hydrogen (secondary N) is 2. The number of halogens is 1. The highest BCUT2D eigenvalue weighted by molar-refractivity contribution is 14.0. The number of rotatable bonds is 6. The van der Waals surface area contributed by atoms with Crippen LogP contribution in [-0.4, -0.2) is 55.5 Å². The topological polar surface area (TPSA) is 69.6 Å². The van der Waals surface area contributed by atoms with Crippen LogP contribution < -0.4 is 10.6 Å². The van der Waals surface area contributed by atoms with Crippen LogP contribution in [0.5, 0.6) is 0 Å². The van der Waals surface area contributed by atoms with Gasteiger partial charge in [-0.15, -0.1) is 35.3 Å². The summed E-state index contributed by atoms with van der Waals surface area (Å²) in [6.07, 6.45) is 0.832. The van der Waals surface area contributed by atoms with E-state index in [2.05, 4.69) is 46.8 Å². The van der Waals surface area contributed by atoms with E-state index in [0.717, 1.165) is 30.2 Å². The van der Waals surface area contributed by atoms with Gasteiger partial charge in [-0.2, -0.15) is 0 Å². The molecule has 138 valence electrons. The maximum absolute atomic E-state index is 11.6. The minimum absolute atomic E-state index is 0. The van der Waals surface area contributed by atoms with E-state index in [1.54, 1.807) is 25.4 Å². The molecule has 0 aromatic carbocycles. The Balaban J connectivity index is 0.00000529. The van der Waals surface area contributed by atoms with E-state index < -0.39 is 0 Å². The van der Waals surface area contributed by atoms with E-state index in [4.69, 9.17) is 0 Å². The van der Waals surface area contributed by atoms with Crippen LogP contribution in [0.4, 0.5) is 0 Å². The number of aromatic nitrogens is 1. The molecule has 2 N–H and O–H groups in total. The lowest BCUT2D eigenvalue weighted by molar-refractivity contribution is -0.127. The quantitative estimate of drug-likeness (QED) is 0.383. The van der Waals surface area contributed by atoms with Crippen molar-refractivity contribution < 1.29 is 4.79 Å². The standard InChI is InChI=1S/C16H29N5OS.HI/c1-7-17-15(19-10-13(22)21(5)6)18-9-8-12-11-23-14(20-12)16(2,3)4;/h11H,7-10H2,1-6H3,(H2,17,18,19);1H. The van der Waals surface area contributed by atoms with E-state index in [9.17, 15) is 4.79 Å². The monoisotopic (exact) mass is 467 g/mol. The van der Waals surface area contributed by atoms with Crippen LogP contribution in [-0.2, 0) is 16.6 Å². The number of nitrogens with zero attached hydrogens (tertiary/aromatic N) is 3. The van der Waals surface area contributed by atoms with Gasteiger partial charge in [-0.3, -0.25) is 4.79 Å². The summed E-state index contributed by atoms with van der Waals surface area (Å²) in [5, 5.41) is 9.66. The van der Waals surface area contributed by atoms with Crippen molar-refractivity contribution in [3.8, 4) is 0 Å². The zero-order chi connectivity index (χ0) is 17.5. The number of hydrogen-bond acceptors (Lipinski definition) is 4. The Labute approximate surface area is 166 Å². The highest BCUT2D eigenvalue weighted by Crippen LogP contribution is 2.25. The molecule has 0 bridgehead atoms. The largest absolute Gasteiger partial charge is 0.357 e. The average Bonchev–Trinajstić information content (AvgIpc) is 2.93. The first-order valence-electron chi connectivity index (χ1n) is 7.91. The van der Waals surface area contributed by atoms with Gasteiger partial charge >= 0.3 is 0 Å². The van der Waals surface area contributed by atoms with Gasteiger partial charge in [0.2, 0.25) is 5.91 Å². The zero-order valence-electron chi connectivity index (χ0n) is 15.5. The maximum Gasteiger partial charge on any atom is 0.243 e. The second kappa shape index (κ2) is 10.9. The first-order valence-corrected chi connectivity index (χ1v) is 8.79. The van der Waals surface area contributed by atoms with Crippen molar-refractivity contribution in [1.29, 1.82) is 0 Å². The SMILES string of the molecule is CCNC(=NCC(=O)N(C)C)NCCc1csc(C(C)(C)C)n1.I. The summed E-state index contributed by atoms with van der Waals surface area (Å²) in [6.45, 7) is 10.2. The molecule has 6 nitrogen and oxygen atoms in total. The highest BCUT2D eigenvalue weighted by Gasteiger charge is 2.17. The first-order chi connectivity index (χ1) is 10.7. The molecule has 1 rings (SSSR count). The van der Waals surface area contributed by atoms with E-state index in [0.29, 0.717) is 5.96 Å². The molecule has 0 saturated carbocycles. The molecule has 1 aromatic heterocycles. The van der Waals surface area contributed by atoms with Gasteiger partial charge in [-0.1, -0.05) is 20.8 Å². The van der Waals surface area contributed by atoms with E-state index in [1.165, 1.54) is 4.90 Å². The van der Waals surface area contributed by atoms with Crippen LogP contribution in [0.15, 0.2) is 10.4 Å². The number of thiazole rings is 1. The molecule has 0 aliphatic heterocycles. The third-order valence-electron chi connectivity index (χ3n) is 3.08. The molecular formula is C16H30IN5OS. The highest BCUT2D eigenvalue weighted by atomic mass is 127. The predicted octanol–water partition coefficient (Wildman–Crippen LogP) is 2.24. The predicted molar refractivity (Wildman–Crippen MR) is 113 cm³/mol. The van der Waals surface area contributed by atoms with Gasteiger partial charge < -0.3 is 15.5 Å². The molecular weight excluding hydrogens is 437 g/mol. The van der Waals surface area contributed by atoms with Crippen LogP contribution in [0.2, 0.25) is 0 Å². The molecule has 1 aromatic rings. The Morgan fingerprint density at radius 1 is 1.33 bits per heavy atom. The van der Waals surface area contributed by atoms with E-state index >= 15 is 0 Å². The van der Waals surface area contributed by atoms with Crippen LogP contribution >= 0.6 is 35.3 Å². The lowest BCUT2D eigenvalue weighted by Gasteiger charge is -2.14.